The molecule has 0 aromatic heterocycles. The zero-order valence-corrected chi connectivity index (χ0v) is 11.5. The topological polar surface area (TPSA) is 12.0 Å². The highest BCUT2D eigenvalue weighted by atomic mass is 79.9. The van der Waals surface area contributed by atoms with Crippen LogP contribution in [-0.2, 0) is 6.54 Å². The van der Waals surface area contributed by atoms with Gasteiger partial charge in [-0.25, -0.2) is 8.78 Å². The van der Waals surface area contributed by atoms with Gasteiger partial charge in [-0.15, -0.1) is 0 Å². The summed E-state index contributed by atoms with van der Waals surface area (Å²) in [5.74, 6) is -0.815. The lowest BCUT2D eigenvalue weighted by molar-refractivity contribution is 0.609. The van der Waals surface area contributed by atoms with E-state index in [1.807, 2.05) is 0 Å². The molecule has 0 aliphatic rings. The summed E-state index contributed by atoms with van der Waals surface area (Å²) in [6.07, 6.45) is 0. The summed E-state index contributed by atoms with van der Waals surface area (Å²) >= 11 is 9.03. The Balaban J connectivity index is 2.16. The molecule has 1 nitrogen and oxygen atoms in total. The average molecular weight is 333 g/mol. The molecule has 0 saturated carbocycles. The molecule has 2 aromatic rings. The first kappa shape index (κ1) is 13.3. The summed E-state index contributed by atoms with van der Waals surface area (Å²) in [5.41, 5.74) is 0.624. The van der Waals surface area contributed by atoms with Gasteiger partial charge in [0.15, 0.2) is 0 Å². The van der Waals surface area contributed by atoms with Crippen LogP contribution in [0.5, 0.6) is 0 Å². The Kier molecular flexibility index (Phi) is 4.19. The minimum atomic E-state index is -0.458. The Morgan fingerprint density at radius 1 is 1.11 bits per heavy atom. The quantitative estimate of drug-likeness (QED) is 0.834. The third-order valence-electron chi connectivity index (χ3n) is 2.43. The van der Waals surface area contributed by atoms with Gasteiger partial charge in [0.25, 0.3) is 0 Å². The van der Waals surface area contributed by atoms with E-state index in [4.69, 9.17) is 11.6 Å². The molecule has 0 atom stereocenters. The van der Waals surface area contributed by atoms with Gasteiger partial charge in [0.2, 0.25) is 0 Å². The second-order valence-electron chi connectivity index (χ2n) is 3.69. The minimum Gasteiger partial charge on any atom is -0.377 e. The molecule has 5 heteroatoms. The lowest BCUT2D eigenvalue weighted by Gasteiger charge is -2.10. The highest BCUT2D eigenvalue weighted by Gasteiger charge is 2.08. The van der Waals surface area contributed by atoms with Crippen molar-refractivity contribution in [2.45, 2.75) is 6.54 Å². The SMILES string of the molecule is Fc1cc(Br)ccc1CNc1c(F)cccc1Cl. The molecule has 0 aliphatic carbocycles. The Bertz CT molecular complexity index is 555. The number of hydrogen-bond acceptors (Lipinski definition) is 1. The normalized spacial score (nSPS) is 10.4. The number of benzene rings is 2. The van der Waals surface area contributed by atoms with Crippen LogP contribution in [0.2, 0.25) is 5.02 Å². The molecule has 0 heterocycles. The minimum absolute atomic E-state index is 0.166. The van der Waals surface area contributed by atoms with Crippen LogP contribution < -0.4 is 5.32 Å². The Hall–Kier alpha value is -1.13. The van der Waals surface area contributed by atoms with E-state index in [9.17, 15) is 8.78 Å². The first-order chi connectivity index (χ1) is 8.58. The number of hydrogen-bond donors (Lipinski definition) is 1. The molecule has 0 saturated heterocycles. The summed E-state index contributed by atoms with van der Waals surface area (Å²) in [7, 11) is 0. The van der Waals surface area contributed by atoms with Crippen LogP contribution in [0.1, 0.15) is 5.56 Å². The lowest BCUT2D eigenvalue weighted by Crippen LogP contribution is -2.04. The van der Waals surface area contributed by atoms with Crippen LogP contribution in [0, 0.1) is 11.6 Å². The predicted molar refractivity (Wildman–Crippen MR) is 72.8 cm³/mol. The molecule has 2 aromatic carbocycles. The highest BCUT2D eigenvalue weighted by Crippen LogP contribution is 2.25. The fourth-order valence-electron chi connectivity index (χ4n) is 1.52. The van der Waals surface area contributed by atoms with Crippen molar-refractivity contribution < 1.29 is 8.78 Å². The second-order valence-corrected chi connectivity index (χ2v) is 5.01. The van der Waals surface area contributed by atoms with Crippen molar-refractivity contribution in [2.24, 2.45) is 0 Å². The van der Waals surface area contributed by atoms with Crippen molar-refractivity contribution in [1.29, 1.82) is 0 Å². The summed E-state index contributed by atoms with van der Waals surface area (Å²) in [6, 6.07) is 9.10. The molecule has 0 bridgehead atoms. The van der Waals surface area contributed by atoms with Crippen molar-refractivity contribution in [3.05, 3.63) is 63.1 Å². The monoisotopic (exact) mass is 331 g/mol. The molecule has 0 radical (unpaired) electrons. The molecular formula is C13H9BrClF2N. The summed E-state index contributed by atoms with van der Waals surface area (Å²) in [4.78, 5) is 0. The summed E-state index contributed by atoms with van der Waals surface area (Å²) in [6.45, 7) is 0.166. The molecule has 0 spiro atoms. The number of halogens is 4. The van der Waals surface area contributed by atoms with E-state index in [0.717, 1.165) is 0 Å². The first-order valence-electron chi connectivity index (χ1n) is 5.20. The Morgan fingerprint density at radius 3 is 2.56 bits per heavy atom. The standard InChI is InChI=1S/C13H9BrClF2N/c14-9-5-4-8(12(17)6-9)7-18-13-10(15)2-1-3-11(13)16/h1-6,18H,7H2. The molecule has 94 valence electrons. The molecule has 18 heavy (non-hydrogen) atoms. The molecule has 2 rings (SSSR count). The maximum absolute atomic E-state index is 13.6. The lowest BCUT2D eigenvalue weighted by atomic mass is 10.2. The zero-order valence-electron chi connectivity index (χ0n) is 9.18. The van der Waals surface area contributed by atoms with Crippen molar-refractivity contribution in [2.75, 3.05) is 5.32 Å². The van der Waals surface area contributed by atoms with E-state index in [0.29, 0.717) is 10.0 Å². The van der Waals surface area contributed by atoms with Gasteiger partial charge in [0.1, 0.15) is 11.6 Å². The van der Waals surface area contributed by atoms with Crippen molar-refractivity contribution >= 4 is 33.2 Å². The van der Waals surface area contributed by atoms with Gasteiger partial charge in [-0.2, -0.15) is 0 Å². The third-order valence-corrected chi connectivity index (χ3v) is 3.24. The van der Waals surface area contributed by atoms with Gasteiger partial charge in [0, 0.05) is 16.6 Å². The highest BCUT2D eigenvalue weighted by molar-refractivity contribution is 9.10. The van der Waals surface area contributed by atoms with Crippen LogP contribution in [0.3, 0.4) is 0 Å². The van der Waals surface area contributed by atoms with Crippen molar-refractivity contribution in [1.82, 2.24) is 0 Å². The van der Waals surface area contributed by atoms with E-state index in [1.165, 1.54) is 18.2 Å². The molecule has 1 N–H and O–H groups in total. The van der Waals surface area contributed by atoms with E-state index in [-0.39, 0.29) is 23.1 Å². The molecular weight excluding hydrogens is 324 g/mol. The van der Waals surface area contributed by atoms with Gasteiger partial charge in [-0.05, 0) is 24.3 Å². The molecule has 0 unspecified atom stereocenters. The fourth-order valence-corrected chi connectivity index (χ4v) is 2.08. The van der Waals surface area contributed by atoms with Crippen LogP contribution in [0.25, 0.3) is 0 Å². The largest absolute Gasteiger partial charge is 0.377 e. The van der Waals surface area contributed by atoms with E-state index in [2.05, 4.69) is 21.2 Å². The van der Waals surface area contributed by atoms with Gasteiger partial charge in [-0.3, -0.25) is 0 Å². The fraction of sp³-hybridized carbons (Fsp3) is 0.0769. The number of para-hydroxylation sites is 1. The van der Waals surface area contributed by atoms with Gasteiger partial charge in [0.05, 0.1) is 10.7 Å². The van der Waals surface area contributed by atoms with E-state index >= 15 is 0 Å². The van der Waals surface area contributed by atoms with Crippen molar-refractivity contribution in [3.63, 3.8) is 0 Å². The average Bonchev–Trinajstić information content (AvgIpc) is 2.31. The van der Waals surface area contributed by atoms with Crippen LogP contribution in [0.15, 0.2) is 40.9 Å². The Morgan fingerprint density at radius 2 is 1.89 bits per heavy atom. The summed E-state index contributed by atoms with van der Waals surface area (Å²) < 4.78 is 27.7. The smallest absolute Gasteiger partial charge is 0.147 e. The predicted octanol–water partition coefficient (Wildman–Crippen LogP) is 4.99. The first-order valence-corrected chi connectivity index (χ1v) is 6.37. The van der Waals surface area contributed by atoms with Crippen molar-refractivity contribution in [3.8, 4) is 0 Å². The second kappa shape index (κ2) is 5.67. The van der Waals surface area contributed by atoms with Crippen LogP contribution >= 0.6 is 27.5 Å². The maximum atomic E-state index is 13.6. The van der Waals surface area contributed by atoms with Gasteiger partial charge < -0.3 is 5.32 Å². The molecule has 0 aliphatic heterocycles. The maximum Gasteiger partial charge on any atom is 0.147 e. The van der Waals surface area contributed by atoms with Crippen LogP contribution in [0.4, 0.5) is 14.5 Å². The number of anilines is 1. The molecule has 0 amide bonds. The Labute approximate surface area is 117 Å². The number of rotatable bonds is 3. The van der Waals surface area contributed by atoms with E-state index < -0.39 is 5.82 Å². The van der Waals surface area contributed by atoms with Gasteiger partial charge >= 0.3 is 0 Å². The number of nitrogens with one attached hydrogen (secondary N) is 1. The summed E-state index contributed by atoms with van der Waals surface area (Å²) in [5, 5.41) is 3.07. The van der Waals surface area contributed by atoms with E-state index in [1.54, 1.807) is 18.2 Å². The van der Waals surface area contributed by atoms with Gasteiger partial charge in [-0.1, -0.05) is 39.7 Å². The third kappa shape index (κ3) is 3.00. The zero-order chi connectivity index (χ0) is 13.1. The molecule has 0 fully saturated rings. The van der Waals surface area contributed by atoms with Crippen LogP contribution in [-0.4, -0.2) is 0 Å².